The lowest BCUT2D eigenvalue weighted by Gasteiger charge is -2.29. The summed E-state index contributed by atoms with van der Waals surface area (Å²) < 4.78 is 2.10. The molecule has 0 spiro atoms. The number of aryl methyl sites for hydroxylation is 1. The predicted molar refractivity (Wildman–Crippen MR) is 145 cm³/mol. The summed E-state index contributed by atoms with van der Waals surface area (Å²) in [7, 11) is 0. The molecular formula is C28H27N5O2S. The summed E-state index contributed by atoms with van der Waals surface area (Å²) in [5, 5.41) is 16.8. The largest absolute Gasteiger partial charge is 0.508 e. The summed E-state index contributed by atoms with van der Waals surface area (Å²) in [6, 6.07) is 22.6. The molecule has 0 saturated carbocycles. The molecule has 2 aromatic carbocycles. The van der Waals surface area contributed by atoms with E-state index >= 15 is 0 Å². The Hall–Kier alpha value is -4.17. The smallest absolute Gasteiger partial charge is 0.224 e. The fourth-order valence-electron chi connectivity index (χ4n) is 4.59. The summed E-state index contributed by atoms with van der Waals surface area (Å²) in [4.78, 5) is 18.7. The molecule has 0 aliphatic carbocycles. The van der Waals surface area contributed by atoms with E-state index in [-0.39, 0.29) is 23.7 Å². The zero-order valence-corrected chi connectivity index (χ0v) is 20.9. The molecule has 4 aromatic rings. The lowest BCUT2D eigenvalue weighted by molar-refractivity contribution is -0.115. The van der Waals surface area contributed by atoms with Crippen molar-refractivity contribution < 1.29 is 9.90 Å². The highest BCUT2D eigenvalue weighted by Gasteiger charge is 2.42. The van der Waals surface area contributed by atoms with Gasteiger partial charge in [-0.15, -0.1) is 0 Å². The van der Waals surface area contributed by atoms with Gasteiger partial charge in [-0.05, 0) is 91.4 Å². The van der Waals surface area contributed by atoms with E-state index < -0.39 is 0 Å². The number of carbonyl (C=O) groups excluding carboxylic acids is 1. The fraction of sp³-hybridized carbons (Fsp3) is 0.179. The second-order valence-corrected chi connectivity index (χ2v) is 9.10. The number of phenolic OH excluding ortho intramolecular Hbond substituents is 1. The number of carbonyl (C=O) groups is 1. The van der Waals surface area contributed by atoms with Crippen molar-refractivity contribution in [3.05, 3.63) is 102 Å². The highest BCUT2D eigenvalue weighted by Crippen LogP contribution is 2.43. The Labute approximate surface area is 215 Å². The molecule has 1 saturated heterocycles. The van der Waals surface area contributed by atoms with Crippen LogP contribution in [0.1, 0.15) is 42.4 Å². The van der Waals surface area contributed by atoms with Crippen LogP contribution in [0.15, 0.2) is 85.2 Å². The maximum atomic E-state index is 11.9. The van der Waals surface area contributed by atoms with Crippen LogP contribution in [0, 0.1) is 6.92 Å². The monoisotopic (exact) mass is 497 g/mol. The molecule has 3 heterocycles. The van der Waals surface area contributed by atoms with E-state index in [2.05, 4.69) is 31.2 Å². The Morgan fingerprint density at radius 3 is 2.56 bits per heavy atom. The predicted octanol–water partition coefficient (Wildman–Crippen LogP) is 5.41. The van der Waals surface area contributed by atoms with E-state index in [0.29, 0.717) is 11.5 Å². The number of nitrogens with zero attached hydrogens (tertiary/aromatic N) is 3. The molecule has 0 bridgehead atoms. The van der Waals surface area contributed by atoms with Gasteiger partial charge in [-0.25, -0.2) is 0 Å². The Kier molecular flexibility index (Phi) is 6.43. The van der Waals surface area contributed by atoms with Crippen molar-refractivity contribution >= 4 is 34.6 Å². The number of rotatable bonds is 6. The number of aromatic hydroxyl groups is 1. The molecule has 36 heavy (non-hydrogen) atoms. The number of amides is 1. The minimum absolute atomic E-state index is 0.0240. The van der Waals surface area contributed by atoms with Gasteiger partial charge < -0.3 is 25.2 Å². The van der Waals surface area contributed by atoms with Crippen LogP contribution in [0.3, 0.4) is 0 Å². The Morgan fingerprint density at radius 2 is 1.86 bits per heavy atom. The molecule has 1 aliphatic rings. The van der Waals surface area contributed by atoms with Crippen LogP contribution < -0.4 is 15.5 Å². The van der Waals surface area contributed by atoms with Crippen LogP contribution in [-0.4, -0.2) is 25.7 Å². The van der Waals surface area contributed by atoms with Gasteiger partial charge in [0, 0.05) is 41.6 Å². The molecule has 8 heteroatoms. The van der Waals surface area contributed by atoms with Crippen LogP contribution in [0.2, 0.25) is 0 Å². The molecule has 7 nitrogen and oxygen atoms in total. The highest BCUT2D eigenvalue weighted by atomic mass is 32.1. The van der Waals surface area contributed by atoms with Gasteiger partial charge in [0.15, 0.2) is 5.11 Å². The summed E-state index contributed by atoms with van der Waals surface area (Å²) in [5.74, 6) is 0.193. The van der Waals surface area contributed by atoms with E-state index in [1.54, 1.807) is 18.3 Å². The van der Waals surface area contributed by atoms with Crippen molar-refractivity contribution in [1.29, 1.82) is 0 Å². The van der Waals surface area contributed by atoms with Crippen LogP contribution >= 0.6 is 12.2 Å². The summed E-state index contributed by atoms with van der Waals surface area (Å²) in [6.45, 7) is 3.81. The Balaban J connectivity index is 1.61. The van der Waals surface area contributed by atoms with Crippen LogP contribution in [-0.2, 0) is 4.79 Å². The first-order valence-corrected chi connectivity index (χ1v) is 12.2. The number of thiocarbonyl (C=S) groups is 1. The van der Waals surface area contributed by atoms with Crippen LogP contribution in [0.5, 0.6) is 5.75 Å². The van der Waals surface area contributed by atoms with Gasteiger partial charge >= 0.3 is 0 Å². The zero-order valence-electron chi connectivity index (χ0n) is 20.1. The normalized spacial score (nSPS) is 17.2. The quantitative estimate of drug-likeness (QED) is 0.309. The average Bonchev–Trinajstić information content (AvgIpc) is 3.50. The number of anilines is 2. The van der Waals surface area contributed by atoms with Crippen LogP contribution in [0.4, 0.5) is 11.4 Å². The van der Waals surface area contributed by atoms with E-state index in [1.165, 1.54) is 0 Å². The van der Waals surface area contributed by atoms with Gasteiger partial charge in [-0.1, -0.05) is 13.0 Å². The minimum Gasteiger partial charge on any atom is -0.508 e. The molecule has 1 amide bonds. The maximum absolute atomic E-state index is 11.9. The van der Waals surface area contributed by atoms with E-state index in [1.807, 2.05) is 74.6 Å². The number of hydrogen-bond acceptors (Lipinski definition) is 4. The number of nitrogens with one attached hydrogen (secondary N) is 2. The third kappa shape index (κ3) is 4.43. The van der Waals surface area contributed by atoms with E-state index in [9.17, 15) is 9.90 Å². The first-order valence-electron chi connectivity index (χ1n) is 11.8. The summed E-state index contributed by atoms with van der Waals surface area (Å²) in [6.07, 6.45) is 4.21. The molecule has 0 unspecified atom stereocenters. The minimum atomic E-state index is -0.202. The van der Waals surface area contributed by atoms with Crippen molar-refractivity contribution in [3.8, 4) is 11.4 Å². The second-order valence-electron chi connectivity index (χ2n) is 8.72. The summed E-state index contributed by atoms with van der Waals surface area (Å²) in [5.41, 5.74) is 5.49. The van der Waals surface area contributed by atoms with Gasteiger partial charge in [0.2, 0.25) is 5.91 Å². The molecule has 1 aliphatic heterocycles. The Morgan fingerprint density at radius 1 is 1.08 bits per heavy atom. The van der Waals surface area contributed by atoms with Gasteiger partial charge in [-0.2, -0.15) is 0 Å². The molecule has 1 fully saturated rings. The number of benzene rings is 2. The van der Waals surface area contributed by atoms with E-state index in [0.717, 1.165) is 34.0 Å². The number of aromatic nitrogens is 2. The molecule has 182 valence electrons. The topological polar surface area (TPSA) is 82.4 Å². The number of pyridine rings is 1. The van der Waals surface area contributed by atoms with Gasteiger partial charge in [-0.3, -0.25) is 9.78 Å². The number of phenols is 1. The maximum Gasteiger partial charge on any atom is 0.224 e. The van der Waals surface area contributed by atoms with Crippen molar-refractivity contribution in [2.75, 3.05) is 10.2 Å². The first-order chi connectivity index (χ1) is 17.5. The molecular weight excluding hydrogens is 470 g/mol. The zero-order chi connectivity index (χ0) is 25.2. The Bertz CT molecular complexity index is 1400. The third-order valence-electron chi connectivity index (χ3n) is 6.39. The van der Waals surface area contributed by atoms with Crippen molar-refractivity contribution in [2.45, 2.75) is 32.4 Å². The standard InChI is InChI=1S/C28H27N5O2S/c1-3-25(35)30-22-14-11-20(17-18(22)2)33-27(26(31-28(33)36)23-7-4-5-15-29-23)24-8-6-16-32(24)19-9-12-21(34)13-10-19/h4-17,26-27,34H,3H2,1-2H3,(H,30,35)(H,31,36)/t26-,27+/m1/s1. The molecule has 2 aromatic heterocycles. The average molecular weight is 498 g/mol. The van der Waals surface area contributed by atoms with Gasteiger partial charge in [0.25, 0.3) is 0 Å². The lowest BCUT2D eigenvalue weighted by Crippen LogP contribution is -2.30. The van der Waals surface area contributed by atoms with Crippen molar-refractivity contribution in [3.63, 3.8) is 0 Å². The van der Waals surface area contributed by atoms with Crippen molar-refractivity contribution in [1.82, 2.24) is 14.9 Å². The molecule has 2 atom stereocenters. The van der Waals surface area contributed by atoms with Gasteiger partial charge in [0.05, 0.1) is 11.7 Å². The lowest BCUT2D eigenvalue weighted by atomic mass is 10.00. The van der Waals surface area contributed by atoms with Crippen LogP contribution in [0.25, 0.3) is 5.69 Å². The SMILES string of the molecule is CCC(=O)Nc1ccc(N2C(=S)N[C@H](c3ccccn3)[C@@H]2c2cccn2-c2ccc(O)cc2)cc1C. The third-order valence-corrected chi connectivity index (χ3v) is 6.71. The highest BCUT2D eigenvalue weighted by molar-refractivity contribution is 7.80. The second kappa shape index (κ2) is 9.83. The van der Waals surface area contributed by atoms with E-state index in [4.69, 9.17) is 12.2 Å². The fourth-order valence-corrected chi connectivity index (χ4v) is 4.94. The molecule has 3 N–H and O–H groups in total. The molecule has 0 radical (unpaired) electrons. The summed E-state index contributed by atoms with van der Waals surface area (Å²) >= 11 is 5.87. The van der Waals surface area contributed by atoms with Gasteiger partial charge in [0.1, 0.15) is 11.8 Å². The first kappa shape index (κ1) is 23.6. The van der Waals surface area contributed by atoms with Crippen molar-refractivity contribution in [2.24, 2.45) is 0 Å². The molecule has 5 rings (SSSR count). The number of hydrogen-bond donors (Lipinski definition) is 3.